The van der Waals surface area contributed by atoms with Crippen molar-refractivity contribution in [2.75, 3.05) is 11.9 Å². The van der Waals surface area contributed by atoms with Gasteiger partial charge in [0.15, 0.2) is 0 Å². The first kappa shape index (κ1) is 11.5. The molecule has 2 rings (SSSR count). The Balaban J connectivity index is 2.11. The molecular weight excluding hydrogens is 214 g/mol. The third-order valence-electron chi connectivity index (χ3n) is 2.53. The van der Waals surface area contributed by atoms with Gasteiger partial charge in [0.05, 0.1) is 0 Å². The minimum atomic E-state index is 0.00357. The molecule has 0 unspecified atom stereocenters. The van der Waals surface area contributed by atoms with Gasteiger partial charge in [0.25, 0.3) is 0 Å². The highest BCUT2D eigenvalue weighted by molar-refractivity contribution is 5.94. The monoisotopic (exact) mass is 229 g/mol. The molecule has 0 saturated carbocycles. The summed E-state index contributed by atoms with van der Waals surface area (Å²) in [7, 11) is 0. The van der Waals surface area contributed by atoms with E-state index >= 15 is 0 Å². The second-order valence-corrected chi connectivity index (χ2v) is 3.88. The number of nitrogens with one attached hydrogen (secondary N) is 1. The zero-order valence-corrected chi connectivity index (χ0v) is 9.52. The van der Waals surface area contributed by atoms with Crippen molar-refractivity contribution in [2.45, 2.75) is 12.8 Å². The van der Waals surface area contributed by atoms with Crippen molar-refractivity contribution >= 4 is 22.4 Å². The van der Waals surface area contributed by atoms with E-state index in [-0.39, 0.29) is 5.91 Å². The molecule has 0 saturated heterocycles. The van der Waals surface area contributed by atoms with Crippen molar-refractivity contribution in [1.82, 2.24) is 4.98 Å². The van der Waals surface area contributed by atoms with Gasteiger partial charge in [-0.1, -0.05) is 6.07 Å². The standard InChI is InChI=1S/C13H15N3O/c14-6-1-2-13(17)16-12-4-3-11-9-15-7-5-10(11)8-12/h3-5,7-9H,1-2,6,14H2,(H,16,17). The molecule has 0 aliphatic heterocycles. The molecule has 3 N–H and O–H groups in total. The van der Waals surface area contributed by atoms with E-state index in [1.165, 1.54) is 0 Å². The van der Waals surface area contributed by atoms with Gasteiger partial charge < -0.3 is 11.1 Å². The van der Waals surface area contributed by atoms with Gasteiger partial charge in [0.1, 0.15) is 0 Å². The molecule has 0 atom stereocenters. The minimum Gasteiger partial charge on any atom is -0.330 e. The maximum Gasteiger partial charge on any atom is 0.224 e. The van der Waals surface area contributed by atoms with E-state index in [1.54, 1.807) is 12.4 Å². The molecule has 88 valence electrons. The maximum absolute atomic E-state index is 11.5. The lowest BCUT2D eigenvalue weighted by Crippen LogP contribution is -2.13. The van der Waals surface area contributed by atoms with Crippen molar-refractivity contribution < 1.29 is 4.79 Å². The molecule has 1 heterocycles. The number of carbonyl (C=O) groups is 1. The fourth-order valence-corrected chi connectivity index (χ4v) is 1.65. The molecule has 1 amide bonds. The Morgan fingerprint density at radius 2 is 2.18 bits per heavy atom. The number of anilines is 1. The minimum absolute atomic E-state index is 0.00357. The topological polar surface area (TPSA) is 68.0 Å². The average molecular weight is 229 g/mol. The molecule has 4 heteroatoms. The van der Waals surface area contributed by atoms with Crippen LogP contribution in [-0.4, -0.2) is 17.4 Å². The summed E-state index contributed by atoms with van der Waals surface area (Å²) in [5, 5.41) is 4.98. The number of carbonyl (C=O) groups excluding carboxylic acids is 1. The molecule has 1 aromatic heterocycles. The fraction of sp³-hybridized carbons (Fsp3) is 0.231. The van der Waals surface area contributed by atoms with Crippen LogP contribution in [0, 0.1) is 0 Å². The molecule has 0 aliphatic rings. The van der Waals surface area contributed by atoms with Crippen molar-refractivity contribution in [1.29, 1.82) is 0 Å². The smallest absolute Gasteiger partial charge is 0.224 e. The molecule has 0 aliphatic carbocycles. The molecule has 4 nitrogen and oxygen atoms in total. The van der Waals surface area contributed by atoms with Crippen LogP contribution in [0.5, 0.6) is 0 Å². The number of amides is 1. The lowest BCUT2D eigenvalue weighted by Gasteiger charge is -2.05. The van der Waals surface area contributed by atoms with Crippen LogP contribution in [0.2, 0.25) is 0 Å². The van der Waals surface area contributed by atoms with Gasteiger partial charge in [-0.3, -0.25) is 9.78 Å². The van der Waals surface area contributed by atoms with Gasteiger partial charge in [-0.2, -0.15) is 0 Å². The quantitative estimate of drug-likeness (QED) is 0.841. The second-order valence-electron chi connectivity index (χ2n) is 3.88. The summed E-state index contributed by atoms with van der Waals surface area (Å²) < 4.78 is 0. The third kappa shape index (κ3) is 3.01. The molecule has 1 aromatic carbocycles. The Morgan fingerprint density at radius 3 is 3.00 bits per heavy atom. The Bertz CT molecular complexity index is 525. The third-order valence-corrected chi connectivity index (χ3v) is 2.53. The maximum atomic E-state index is 11.5. The van der Waals surface area contributed by atoms with Crippen LogP contribution >= 0.6 is 0 Å². The molecule has 0 fully saturated rings. The summed E-state index contributed by atoms with van der Waals surface area (Å²) in [5.41, 5.74) is 6.17. The number of fused-ring (bicyclic) bond motifs is 1. The first-order valence-corrected chi connectivity index (χ1v) is 5.63. The van der Waals surface area contributed by atoms with Crippen LogP contribution in [-0.2, 0) is 4.79 Å². The highest BCUT2D eigenvalue weighted by Gasteiger charge is 2.02. The fourth-order valence-electron chi connectivity index (χ4n) is 1.65. The van der Waals surface area contributed by atoms with Gasteiger partial charge in [-0.25, -0.2) is 0 Å². The number of hydrogen-bond donors (Lipinski definition) is 2. The van der Waals surface area contributed by atoms with Crippen molar-refractivity contribution in [3.8, 4) is 0 Å². The van der Waals surface area contributed by atoms with Crippen LogP contribution < -0.4 is 11.1 Å². The Labute approximate surface area is 99.8 Å². The summed E-state index contributed by atoms with van der Waals surface area (Å²) in [6, 6.07) is 7.69. The van der Waals surface area contributed by atoms with Crippen LogP contribution in [0.4, 0.5) is 5.69 Å². The van der Waals surface area contributed by atoms with Crippen LogP contribution in [0.25, 0.3) is 10.8 Å². The predicted octanol–water partition coefficient (Wildman–Crippen LogP) is 1.91. The molecule has 0 bridgehead atoms. The van der Waals surface area contributed by atoms with Crippen molar-refractivity contribution in [3.63, 3.8) is 0 Å². The van der Waals surface area contributed by atoms with Gasteiger partial charge in [-0.05, 0) is 36.6 Å². The molecule has 0 spiro atoms. The SMILES string of the molecule is NCCCC(=O)Nc1ccc2cnccc2c1. The molecule has 0 radical (unpaired) electrons. The van der Waals surface area contributed by atoms with Crippen molar-refractivity contribution in [3.05, 3.63) is 36.7 Å². The van der Waals surface area contributed by atoms with Crippen molar-refractivity contribution in [2.24, 2.45) is 5.73 Å². The van der Waals surface area contributed by atoms with E-state index in [0.717, 1.165) is 16.5 Å². The highest BCUT2D eigenvalue weighted by atomic mass is 16.1. The van der Waals surface area contributed by atoms with Gasteiger partial charge >= 0.3 is 0 Å². The lowest BCUT2D eigenvalue weighted by molar-refractivity contribution is -0.116. The summed E-state index contributed by atoms with van der Waals surface area (Å²) in [6.45, 7) is 0.539. The van der Waals surface area contributed by atoms with Gasteiger partial charge in [0, 0.05) is 29.9 Å². The normalized spacial score (nSPS) is 10.4. The Kier molecular flexibility index (Phi) is 3.67. The summed E-state index contributed by atoms with van der Waals surface area (Å²) in [6.07, 6.45) is 4.71. The van der Waals surface area contributed by atoms with Crippen LogP contribution in [0.15, 0.2) is 36.7 Å². The highest BCUT2D eigenvalue weighted by Crippen LogP contribution is 2.18. The van der Waals surface area contributed by atoms with E-state index < -0.39 is 0 Å². The average Bonchev–Trinajstić information content (AvgIpc) is 2.36. The number of nitrogens with two attached hydrogens (primary N) is 1. The van der Waals surface area contributed by atoms with E-state index in [2.05, 4.69) is 10.3 Å². The van der Waals surface area contributed by atoms with E-state index in [4.69, 9.17) is 5.73 Å². The molecule has 17 heavy (non-hydrogen) atoms. The number of hydrogen-bond acceptors (Lipinski definition) is 3. The van der Waals surface area contributed by atoms with E-state index in [1.807, 2.05) is 24.3 Å². The molecule has 2 aromatic rings. The number of rotatable bonds is 4. The lowest BCUT2D eigenvalue weighted by atomic mass is 10.1. The summed E-state index contributed by atoms with van der Waals surface area (Å²) in [5.74, 6) is 0.00357. The van der Waals surface area contributed by atoms with Crippen LogP contribution in [0.1, 0.15) is 12.8 Å². The van der Waals surface area contributed by atoms with Gasteiger partial charge in [-0.15, -0.1) is 0 Å². The Hall–Kier alpha value is -1.94. The zero-order valence-electron chi connectivity index (χ0n) is 9.52. The first-order chi connectivity index (χ1) is 8.29. The molecular formula is C13H15N3O. The predicted molar refractivity (Wildman–Crippen MR) is 68.7 cm³/mol. The zero-order chi connectivity index (χ0) is 12.1. The largest absolute Gasteiger partial charge is 0.330 e. The first-order valence-electron chi connectivity index (χ1n) is 5.63. The Morgan fingerprint density at radius 1 is 1.29 bits per heavy atom. The summed E-state index contributed by atoms with van der Waals surface area (Å²) in [4.78, 5) is 15.6. The van der Waals surface area contributed by atoms with Gasteiger partial charge in [0.2, 0.25) is 5.91 Å². The van der Waals surface area contributed by atoms with E-state index in [0.29, 0.717) is 19.4 Å². The second kappa shape index (κ2) is 5.41. The summed E-state index contributed by atoms with van der Waals surface area (Å²) >= 11 is 0. The number of benzene rings is 1. The number of aromatic nitrogens is 1. The number of pyridine rings is 1. The van der Waals surface area contributed by atoms with Crippen LogP contribution in [0.3, 0.4) is 0 Å². The van der Waals surface area contributed by atoms with E-state index in [9.17, 15) is 4.79 Å². The number of nitrogens with zero attached hydrogens (tertiary/aromatic N) is 1.